The van der Waals surface area contributed by atoms with Crippen LogP contribution in [0, 0.1) is 11.7 Å². The van der Waals surface area contributed by atoms with Gasteiger partial charge in [-0.05, 0) is 54.8 Å². The number of hydrogen-bond acceptors (Lipinski definition) is 4. The number of nitrogens with one attached hydrogen (secondary N) is 1. The van der Waals surface area contributed by atoms with Gasteiger partial charge in [0.15, 0.2) is 21.4 Å². The first-order valence-electron chi connectivity index (χ1n) is 8.04. The minimum absolute atomic E-state index is 0.0192. The second-order valence-electron chi connectivity index (χ2n) is 6.18. The van der Waals surface area contributed by atoms with Crippen molar-refractivity contribution in [3.63, 3.8) is 0 Å². The van der Waals surface area contributed by atoms with Crippen molar-refractivity contribution in [3.8, 4) is 11.5 Å². The Morgan fingerprint density at radius 2 is 1.96 bits per heavy atom. The van der Waals surface area contributed by atoms with Gasteiger partial charge in [-0.1, -0.05) is 15.9 Å². The molecule has 0 aromatic heterocycles. The van der Waals surface area contributed by atoms with Crippen molar-refractivity contribution in [1.29, 1.82) is 0 Å². The highest BCUT2D eigenvalue weighted by molar-refractivity contribution is 9.10. The molecule has 26 heavy (non-hydrogen) atoms. The molecule has 138 valence electrons. The van der Waals surface area contributed by atoms with Crippen molar-refractivity contribution in [2.75, 3.05) is 18.1 Å². The first-order chi connectivity index (χ1) is 12.3. The molecular formula is C18H17BrFNO4S. The number of carbonyl (C=O) groups is 1. The molecule has 0 saturated carbocycles. The van der Waals surface area contributed by atoms with Gasteiger partial charge in [-0.25, -0.2) is 12.8 Å². The molecule has 2 aromatic carbocycles. The van der Waals surface area contributed by atoms with E-state index in [9.17, 15) is 17.6 Å². The summed E-state index contributed by atoms with van der Waals surface area (Å²) in [7, 11) is -2.98. The third kappa shape index (κ3) is 4.82. The average molecular weight is 442 g/mol. The fourth-order valence-corrected chi connectivity index (χ4v) is 4.85. The fourth-order valence-electron chi connectivity index (χ4n) is 2.73. The van der Waals surface area contributed by atoms with E-state index < -0.39 is 21.6 Å². The Labute approximate surface area is 159 Å². The zero-order chi connectivity index (χ0) is 18.7. The molecule has 0 aliphatic carbocycles. The smallest absolute Gasteiger partial charge is 0.251 e. The summed E-state index contributed by atoms with van der Waals surface area (Å²) < 4.78 is 43.4. The number of hydrogen-bond donors (Lipinski definition) is 1. The van der Waals surface area contributed by atoms with Crippen molar-refractivity contribution in [1.82, 2.24) is 5.32 Å². The van der Waals surface area contributed by atoms with E-state index in [0.29, 0.717) is 12.2 Å². The summed E-state index contributed by atoms with van der Waals surface area (Å²) in [6, 6.07) is 10.9. The molecule has 1 heterocycles. The molecule has 0 bridgehead atoms. The molecule has 1 saturated heterocycles. The molecule has 1 fully saturated rings. The third-order valence-corrected chi connectivity index (χ3v) is 6.48. The standard InChI is InChI=1S/C18H17BrFNO4S/c19-14-2-4-15(5-3-14)25-17-6-1-13(9-16(17)20)18(22)21-10-12-7-8-26(23,24)11-12/h1-6,9,12H,7-8,10-11H2,(H,21,22). The van der Waals surface area contributed by atoms with Crippen LogP contribution in [0.1, 0.15) is 16.8 Å². The highest BCUT2D eigenvalue weighted by Crippen LogP contribution is 2.26. The van der Waals surface area contributed by atoms with Crippen LogP contribution < -0.4 is 10.1 Å². The Morgan fingerprint density at radius 1 is 1.23 bits per heavy atom. The van der Waals surface area contributed by atoms with Crippen LogP contribution in [0.4, 0.5) is 4.39 Å². The van der Waals surface area contributed by atoms with Gasteiger partial charge >= 0.3 is 0 Å². The van der Waals surface area contributed by atoms with E-state index in [1.165, 1.54) is 12.1 Å². The lowest BCUT2D eigenvalue weighted by Crippen LogP contribution is -2.29. The maximum absolute atomic E-state index is 14.2. The van der Waals surface area contributed by atoms with Crippen molar-refractivity contribution in [2.24, 2.45) is 5.92 Å². The van der Waals surface area contributed by atoms with Gasteiger partial charge in [-0.3, -0.25) is 4.79 Å². The molecule has 1 aliphatic rings. The van der Waals surface area contributed by atoms with E-state index in [4.69, 9.17) is 4.74 Å². The van der Waals surface area contributed by atoms with E-state index in [0.717, 1.165) is 10.5 Å². The Bertz CT molecular complexity index is 915. The molecule has 1 unspecified atom stereocenters. The fraction of sp³-hybridized carbons (Fsp3) is 0.278. The van der Waals surface area contributed by atoms with Crippen LogP contribution >= 0.6 is 15.9 Å². The monoisotopic (exact) mass is 441 g/mol. The highest BCUT2D eigenvalue weighted by Gasteiger charge is 2.28. The van der Waals surface area contributed by atoms with Crippen LogP contribution in [-0.2, 0) is 9.84 Å². The summed E-state index contributed by atoms with van der Waals surface area (Å²) in [5, 5.41) is 2.67. The summed E-state index contributed by atoms with van der Waals surface area (Å²) in [6.45, 7) is 0.261. The zero-order valence-corrected chi connectivity index (χ0v) is 16.1. The maximum atomic E-state index is 14.2. The van der Waals surface area contributed by atoms with Crippen LogP contribution in [0.25, 0.3) is 0 Å². The maximum Gasteiger partial charge on any atom is 0.251 e. The van der Waals surface area contributed by atoms with Crippen molar-refractivity contribution < 1.29 is 22.3 Å². The Morgan fingerprint density at radius 3 is 2.58 bits per heavy atom. The van der Waals surface area contributed by atoms with Gasteiger partial charge in [0.05, 0.1) is 11.5 Å². The number of rotatable bonds is 5. The van der Waals surface area contributed by atoms with E-state index >= 15 is 0 Å². The van der Waals surface area contributed by atoms with Crippen LogP contribution in [0.5, 0.6) is 11.5 Å². The Kier molecular flexibility index (Phi) is 5.62. The van der Waals surface area contributed by atoms with Crippen LogP contribution in [-0.4, -0.2) is 32.4 Å². The van der Waals surface area contributed by atoms with Crippen molar-refractivity contribution >= 4 is 31.7 Å². The number of benzene rings is 2. The molecule has 0 spiro atoms. The second-order valence-corrected chi connectivity index (χ2v) is 9.32. The molecule has 1 N–H and O–H groups in total. The summed E-state index contributed by atoms with van der Waals surface area (Å²) in [4.78, 5) is 12.1. The number of halogens is 2. The van der Waals surface area contributed by atoms with Gasteiger partial charge in [0.1, 0.15) is 5.75 Å². The molecule has 8 heteroatoms. The van der Waals surface area contributed by atoms with Crippen molar-refractivity contribution in [2.45, 2.75) is 6.42 Å². The molecule has 2 aromatic rings. The Balaban J connectivity index is 1.61. The summed E-state index contributed by atoms with van der Waals surface area (Å²) >= 11 is 3.31. The molecular weight excluding hydrogens is 425 g/mol. The molecule has 1 aliphatic heterocycles. The SMILES string of the molecule is O=C(NCC1CCS(=O)(=O)C1)c1ccc(Oc2ccc(Br)cc2)c(F)c1. The van der Waals surface area contributed by atoms with E-state index in [-0.39, 0.29) is 35.3 Å². The third-order valence-electron chi connectivity index (χ3n) is 4.11. The lowest BCUT2D eigenvalue weighted by molar-refractivity contribution is 0.0948. The largest absolute Gasteiger partial charge is 0.454 e. The minimum atomic E-state index is -2.98. The van der Waals surface area contributed by atoms with E-state index in [1.54, 1.807) is 24.3 Å². The summed E-state index contributed by atoms with van der Waals surface area (Å²) in [5.74, 6) is -0.440. The van der Waals surface area contributed by atoms with Crippen molar-refractivity contribution in [3.05, 3.63) is 58.3 Å². The molecule has 0 radical (unpaired) electrons. The molecule has 3 rings (SSSR count). The van der Waals surface area contributed by atoms with Gasteiger partial charge in [0.25, 0.3) is 5.91 Å². The zero-order valence-electron chi connectivity index (χ0n) is 13.7. The van der Waals surface area contributed by atoms with Gasteiger partial charge < -0.3 is 10.1 Å². The second kappa shape index (κ2) is 7.75. The predicted octanol–water partition coefficient (Wildman–Crippen LogP) is 3.55. The number of sulfone groups is 1. The summed E-state index contributed by atoms with van der Waals surface area (Å²) in [6.07, 6.45) is 0.539. The lowest BCUT2D eigenvalue weighted by Gasteiger charge is -2.11. The average Bonchev–Trinajstić information content (AvgIpc) is 2.95. The van der Waals surface area contributed by atoms with Crippen LogP contribution in [0.15, 0.2) is 46.9 Å². The number of carbonyl (C=O) groups excluding carboxylic acids is 1. The normalized spacial score (nSPS) is 18.5. The molecule has 1 amide bonds. The number of ether oxygens (including phenoxy) is 1. The first kappa shape index (κ1) is 18.8. The summed E-state index contributed by atoms with van der Waals surface area (Å²) in [5.41, 5.74) is 0.159. The highest BCUT2D eigenvalue weighted by atomic mass is 79.9. The van der Waals surface area contributed by atoms with Gasteiger partial charge in [-0.15, -0.1) is 0 Å². The van der Waals surface area contributed by atoms with Crippen LogP contribution in [0.2, 0.25) is 0 Å². The first-order valence-corrected chi connectivity index (χ1v) is 10.7. The topological polar surface area (TPSA) is 72.5 Å². The minimum Gasteiger partial charge on any atom is -0.454 e. The van der Waals surface area contributed by atoms with Gasteiger partial charge in [0, 0.05) is 16.6 Å². The van der Waals surface area contributed by atoms with Crippen LogP contribution in [0.3, 0.4) is 0 Å². The quantitative estimate of drug-likeness (QED) is 0.769. The van der Waals surface area contributed by atoms with Gasteiger partial charge in [-0.2, -0.15) is 0 Å². The number of amides is 1. The lowest BCUT2D eigenvalue weighted by atomic mass is 10.1. The van der Waals surface area contributed by atoms with E-state index in [1.807, 2.05) is 0 Å². The van der Waals surface area contributed by atoms with Gasteiger partial charge in [0.2, 0.25) is 0 Å². The molecule has 5 nitrogen and oxygen atoms in total. The molecule has 1 atom stereocenters. The van der Waals surface area contributed by atoms with E-state index in [2.05, 4.69) is 21.2 Å². The Hall–Kier alpha value is -1.93. The predicted molar refractivity (Wildman–Crippen MR) is 99.7 cm³/mol.